The quantitative estimate of drug-likeness (QED) is 0.143. The van der Waals surface area contributed by atoms with E-state index in [1.807, 2.05) is 60.7 Å². The molecule has 0 bridgehead atoms. The van der Waals surface area contributed by atoms with Crippen LogP contribution in [0, 0.1) is 0 Å². The summed E-state index contributed by atoms with van der Waals surface area (Å²) in [6.45, 7) is 48.1. The van der Waals surface area contributed by atoms with Crippen molar-refractivity contribution in [3.63, 3.8) is 0 Å². The Morgan fingerprint density at radius 1 is 0.169 bits per heavy atom. The molecule has 0 unspecified atom stereocenters. The number of hydrogen-bond donors (Lipinski definition) is 0. The molecule has 0 amide bonds. The van der Waals surface area contributed by atoms with Crippen LogP contribution in [0.3, 0.4) is 0 Å². The van der Waals surface area contributed by atoms with Gasteiger partial charge in [-0.05, 0) is 285 Å². The van der Waals surface area contributed by atoms with Crippen molar-refractivity contribution in [2.24, 2.45) is 0 Å². The van der Waals surface area contributed by atoms with Gasteiger partial charge in [0.2, 0.25) is 0 Å². The highest BCUT2D eigenvalue weighted by Gasteiger charge is 2.54. The van der Waals surface area contributed by atoms with E-state index in [2.05, 4.69) is 470 Å². The molecule has 7 aliphatic rings. The van der Waals surface area contributed by atoms with Crippen molar-refractivity contribution in [2.75, 3.05) is 9.80 Å². The zero-order chi connectivity index (χ0) is 102. The van der Waals surface area contributed by atoms with Crippen LogP contribution in [0.4, 0.5) is 34.1 Å². The van der Waals surface area contributed by atoms with Crippen molar-refractivity contribution < 1.29 is 8.83 Å². The van der Waals surface area contributed by atoms with Crippen molar-refractivity contribution in [3.05, 3.63) is 460 Å². The van der Waals surface area contributed by atoms with E-state index >= 15 is 0 Å². The van der Waals surface area contributed by atoms with Gasteiger partial charge in [-0.2, -0.15) is 0 Å². The number of fused-ring (bicyclic) bond motifs is 30. The number of hydrogen-bond acceptors (Lipinski definition) is 7. The Kier molecular flexibility index (Phi) is 20.1. The summed E-state index contributed by atoms with van der Waals surface area (Å²) in [5.41, 5.74) is 51.3. The van der Waals surface area contributed by atoms with Crippen LogP contribution in [-0.4, -0.2) is 15.0 Å². The highest BCUT2D eigenvalue weighted by atomic mass is 16.3. The lowest BCUT2D eigenvalue weighted by Crippen LogP contribution is -2.43. The van der Waals surface area contributed by atoms with Gasteiger partial charge >= 0.3 is 0 Å². The molecule has 0 radical (unpaired) electrons. The summed E-state index contributed by atoms with van der Waals surface area (Å²) >= 11 is 0. The van der Waals surface area contributed by atoms with Crippen LogP contribution in [0.5, 0.6) is 0 Å². The molecule has 3 aromatic heterocycles. The number of anilines is 6. The lowest BCUT2D eigenvalue weighted by Gasteiger charge is -2.49. The first-order valence-corrected chi connectivity index (χ1v) is 52.9. The Labute approximate surface area is 870 Å². The van der Waals surface area contributed by atoms with E-state index in [4.69, 9.17) is 23.8 Å². The summed E-state index contributed by atoms with van der Waals surface area (Å²) in [5, 5.41) is 4.34. The van der Waals surface area contributed by atoms with Crippen molar-refractivity contribution in [1.29, 1.82) is 0 Å². The minimum Gasteiger partial charge on any atom is -0.456 e. The van der Waals surface area contributed by atoms with E-state index in [9.17, 15) is 0 Å². The van der Waals surface area contributed by atoms with E-state index in [0.29, 0.717) is 17.5 Å². The third-order valence-electron chi connectivity index (χ3n) is 37.4. The first kappa shape index (κ1) is 92.1. The lowest BCUT2D eigenvalue weighted by atomic mass is 9.54. The second-order valence-electron chi connectivity index (χ2n) is 47.7. The van der Waals surface area contributed by atoms with Gasteiger partial charge in [-0.3, -0.25) is 0 Å². The SMILES string of the molecule is CC1(C)c2cc(-c3nc(-c4ccccc4)nc(-c4cccc5oc6ccccc6c45)n3)ccc2-c2c1ccc1c2-c2ccccc2C(C)(C)C1(C)C.CC1(C)c2cc(N(c3ccccc3)c3ccc4c(c3)oc3ccccc34)ccc2-c2c1ccc1c2-c2ccccc2C(C)(C)C1(C)C.CC1(C)c2ccccc2-c2ccc(N(c3ccccc3)c3ccc4c(c3)C(C)(C)c3ccc5c(c3-4)-c3ccccc3C(C)(C)C5(C)C)cc21. The van der Waals surface area contributed by atoms with Gasteiger partial charge in [0.1, 0.15) is 22.3 Å². The molecule has 28 rings (SSSR count). The largest absolute Gasteiger partial charge is 0.456 e. The van der Waals surface area contributed by atoms with Crippen LogP contribution in [-0.2, 0) is 54.1 Å². The fourth-order valence-corrected chi connectivity index (χ4v) is 27.1. The number of nitrogens with zero attached hydrogens (tertiary/aromatic N) is 5. The molecule has 724 valence electrons. The molecule has 0 N–H and O–H groups in total. The molecular formula is C141H123N5O2. The average Bonchev–Trinajstić information content (AvgIpc) is 1.48. The smallest absolute Gasteiger partial charge is 0.164 e. The first-order valence-electron chi connectivity index (χ1n) is 52.9. The van der Waals surface area contributed by atoms with Gasteiger partial charge in [-0.15, -0.1) is 0 Å². The van der Waals surface area contributed by atoms with Crippen molar-refractivity contribution in [3.8, 4) is 112 Å². The second kappa shape index (κ2) is 32.3. The average molecular weight is 1920 g/mol. The molecule has 18 aromatic carbocycles. The van der Waals surface area contributed by atoms with Crippen molar-refractivity contribution >= 4 is 78.0 Å². The maximum absolute atomic E-state index is 6.35. The van der Waals surface area contributed by atoms with Gasteiger partial charge in [-0.25, -0.2) is 15.0 Å². The van der Waals surface area contributed by atoms with E-state index < -0.39 is 0 Å². The highest BCUT2D eigenvalue weighted by Crippen LogP contribution is 2.67. The number of rotatable bonds is 9. The maximum Gasteiger partial charge on any atom is 0.164 e. The summed E-state index contributed by atoms with van der Waals surface area (Å²) in [7, 11) is 0. The van der Waals surface area contributed by atoms with Crippen LogP contribution in [0.25, 0.3) is 156 Å². The highest BCUT2D eigenvalue weighted by molar-refractivity contribution is 6.13. The van der Waals surface area contributed by atoms with E-state index in [1.165, 1.54) is 173 Å². The molecule has 0 atom stereocenters. The molecule has 0 saturated carbocycles. The third-order valence-corrected chi connectivity index (χ3v) is 37.4. The predicted molar refractivity (Wildman–Crippen MR) is 618 cm³/mol. The molecular weight excluding hydrogens is 1800 g/mol. The zero-order valence-electron chi connectivity index (χ0n) is 88.4. The van der Waals surface area contributed by atoms with Crippen molar-refractivity contribution in [1.82, 2.24) is 15.0 Å². The Morgan fingerprint density at radius 3 is 0.932 bits per heavy atom. The normalized spacial score (nSPS) is 16.6. The van der Waals surface area contributed by atoms with E-state index in [1.54, 1.807) is 0 Å². The van der Waals surface area contributed by atoms with Crippen LogP contribution in [0.2, 0.25) is 0 Å². The molecule has 0 fully saturated rings. The Balaban J connectivity index is 0.000000112. The lowest BCUT2D eigenvalue weighted by molar-refractivity contribution is 0.299. The van der Waals surface area contributed by atoms with Gasteiger partial charge in [0.25, 0.3) is 0 Å². The summed E-state index contributed by atoms with van der Waals surface area (Å²) in [6, 6.07) is 140. The summed E-state index contributed by atoms with van der Waals surface area (Å²) in [6.07, 6.45) is 0. The van der Waals surface area contributed by atoms with Gasteiger partial charge < -0.3 is 18.6 Å². The minimum absolute atomic E-state index is 0.00275. The summed E-state index contributed by atoms with van der Waals surface area (Å²) < 4.78 is 12.6. The number of para-hydroxylation sites is 4. The molecule has 3 heterocycles. The van der Waals surface area contributed by atoms with Crippen LogP contribution in [0.1, 0.15) is 216 Å². The second-order valence-corrected chi connectivity index (χ2v) is 47.7. The monoisotopic (exact) mass is 1920 g/mol. The Hall–Kier alpha value is -15.8. The molecule has 148 heavy (non-hydrogen) atoms. The molecule has 7 nitrogen and oxygen atoms in total. The standard InChI is InChI=1S/C48H39N3O.C48H45N.C45H39NO/c1-46(2)35-25-26-36-42(30-17-10-12-20-34(30)47(3,4)48(36,5)6)41(35)31-24-23-29(27-37(31)46)44-49-43(28-15-8-7-9-16-28)50-45(51-44)33-19-14-22-39-40(33)32-18-11-13-21-38(32)52-39;1-45(2)37-20-14-12-18-33(37)34-24-22-31(28-41(34)45)49(30-16-10-9-11-17-30)32-23-25-36-42(29-32)46(3,4)39-26-27-40-44(43(36)39)35-19-13-15-21-38(35)47(5,6)48(40,7)8;1-43(2)36-24-25-37-42(33-17-10-12-18-35(33)44(3,4)45(37,5)6)41(36)34-23-21-29(26-38(34)43)46(28-14-8-7-9-15-28)30-20-22-32-31-16-11-13-19-39(31)47-40(32)27-30/h7-27H,1-6H3;9-29H,1-8H3;7-27H,1-6H3. The maximum atomic E-state index is 6.35. The first-order chi connectivity index (χ1) is 71.0. The molecule has 21 aromatic rings. The molecule has 0 spiro atoms. The predicted octanol–water partition coefficient (Wildman–Crippen LogP) is 37.9. The molecule has 0 saturated heterocycles. The van der Waals surface area contributed by atoms with E-state index in [-0.39, 0.29) is 54.1 Å². The number of benzene rings is 18. The Bertz CT molecular complexity index is 9160. The van der Waals surface area contributed by atoms with Crippen LogP contribution < -0.4 is 9.80 Å². The van der Waals surface area contributed by atoms with Crippen molar-refractivity contribution in [2.45, 2.75) is 193 Å². The van der Waals surface area contributed by atoms with Gasteiger partial charge in [0.05, 0.1) is 0 Å². The fourth-order valence-electron chi connectivity index (χ4n) is 27.1. The number of aromatic nitrogens is 3. The van der Waals surface area contributed by atoms with E-state index in [0.717, 1.165) is 77.6 Å². The summed E-state index contributed by atoms with van der Waals surface area (Å²) in [4.78, 5) is 20.3. The van der Waals surface area contributed by atoms with Crippen LogP contribution >= 0.6 is 0 Å². The van der Waals surface area contributed by atoms with Gasteiger partial charge in [-0.1, -0.05) is 418 Å². The summed E-state index contributed by atoms with van der Waals surface area (Å²) in [5.74, 6) is 1.92. The minimum atomic E-state index is -0.221. The fraction of sp³-hybridized carbons (Fsp3) is 0.213. The topological polar surface area (TPSA) is 71.4 Å². The molecule has 7 heteroatoms. The molecule has 7 aliphatic carbocycles. The third kappa shape index (κ3) is 13.1. The van der Waals surface area contributed by atoms with Gasteiger partial charge in [0.15, 0.2) is 17.5 Å². The number of furan rings is 2. The molecule has 0 aliphatic heterocycles. The zero-order valence-corrected chi connectivity index (χ0v) is 88.4. The van der Waals surface area contributed by atoms with Gasteiger partial charge in [0, 0.05) is 100 Å². The Morgan fingerprint density at radius 2 is 0.459 bits per heavy atom. The van der Waals surface area contributed by atoms with Crippen LogP contribution in [0.15, 0.2) is 391 Å².